The van der Waals surface area contributed by atoms with Crippen LogP contribution in [-0.4, -0.2) is 38.0 Å². The molecule has 7 heteroatoms. The lowest BCUT2D eigenvalue weighted by molar-refractivity contribution is -0.117. The van der Waals surface area contributed by atoms with Crippen LogP contribution in [0.25, 0.3) is 0 Å². The van der Waals surface area contributed by atoms with Crippen molar-refractivity contribution in [2.75, 3.05) is 30.5 Å². The summed E-state index contributed by atoms with van der Waals surface area (Å²) < 4.78 is 10.2. The highest BCUT2D eigenvalue weighted by Gasteiger charge is 2.15. The first kappa shape index (κ1) is 21.0. The highest BCUT2D eigenvalue weighted by Crippen LogP contribution is 2.24. The van der Waals surface area contributed by atoms with Gasteiger partial charge in [0.05, 0.1) is 25.0 Å². The molecule has 0 fully saturated rings. The molecule has 0 atom stereocenters. The molecule has 2 amide bonds. The van der Waals surface area contributed by atoms with E-state index in [0.717, 1.165) is 0 Å². The van der Waals surface area contributed by atoms with Gasteiger partial charge in [-0.05, 0) is 43.3 Å². The summed E-state index contributed by atoms with van der Waals surface area (Å²) in [5, 5.41) is 2.81. The van der Waals surface area contributed by atoms with E-state index in [9.17, 15) is 14.4 Å². The van der Waals surface area contributed by atoms with E-state index >= 15 is 0 Å². The molecule has 2 aromatic rings. The molecule has 0 aromatic heterocycles. The zero-order valence-electron chi connectivity index (χ0n) is 16.2. The number of carbonyl (C=O) groups is 3. The van der Waals surface area contributed by atoms with Crippen LogP contribution in [0.2, 0.25) is 0 Å². The van der Waals surface area contributed by atoms with Gasteiger partial charge in [0.15, 0.2) is 0 Å². The molecule has 1 N–H and O–H groups in total. The summed E-state index contributed by atoms with van der Waals surface area (Å²) >= 11 is 0. The average Bonchev–Trinajstić information content (AvgIpc) is 2.69. The van der Waals surface area contributed by atoms with Gasteiger partial charge in [0.2, 0.25) is 11.8 Å². The summed E-state index contributed by atoms with van der Waals surface area (Å²) in [7, 11) is 1.31. The highest BCUT2D eigenvalue weighted by molar-refractivity contribution is 5.96. The standard InChI is InChI=1S/C21H24N2O5/c1-4-28-19-8-6-5-7-18(19)22-20(25)13-14-23(15(2)24)17-11-9-16(10-12-17)21(26)27-3/h5-12H,4,13-14H2,1-3H3,(H,22,25). The minimum absolute atomic E-state index is 0.110. The number of hydrogen-bond acceptors (Lipinski definition) is 5. The van der Waals surface area contributed by atoms with Crippen LogP contribution in [0.3, 0.4) is 0 Å². The molecule has 7 nitrogen and oxygen atoms in total. The van der Waals surface area contributed by atoms with Gasteiger partial charge in [-0.1, -0.05) is 12.1 Å². The lowest BCUT2D eigenvalue weighted by atomic mass is 10.2. The molecule has 0 aliphatic heterocycles. The number of anilines is 2. The number of hydrogen-bond donors (Lipinski definition) is 1. The number of nitrogens with one attached hydrogen (secondary N) is 1. The molecule has 0 heterocycles. The van der Waals surface area contributed by atoms with Crippen LogP contribution >= 0.6 is 0 Å². The van der Waals surface area contributed by atoms with Gasteiger partial charge in [0, 0.05) is 25.6 Å². The molecule has 0 unspecified atom stereocenters. The van der Waals surface area contributed by atoms with Gasteiger partial charge >= 0.3 is 5.97 Å². The van der Waals surface area contributed by atoms with Crippen molar-refractivity contribution in [1.29, 1.82) is 0 Å². The fraction of sp³-hybridized carbons (Fsp3) is 0.286. The molecule has 0 aliphatic carbocycles. The average molecular weight is 384 g/mol. The van der Waals surface area contributed by atoms with E-state index in [2.05, 4.69) is 10.1 Å². The van der Waals surface area contributed by atoms with Crippen molar-refractivity contribution in [2.45, 2.75) is 20.3 Å². The Bertz CT molecular complexity index is 833. The molecule has 148 valence electrons. The Morgan fingerprint density at radius 1 is 1.04 bits per heavy atom. The largest absolute Gasteiger partial charge is 0.492 e. The van der Waals surface area contributed by atoms with E-state index in [1.165, 1.54) is 18.9 Å². The summed E-state index contributed by atoms with van der Waals surface area (Å²) in [5.74, 6) is -0.286. The topological polar surface area (TPSA) is 84.9 Å². The Hall–Kier alpha value is -3.35. The molecule has 2 aromatic carbocycles. The predicted molar refractivity (Wildman–Crippen MR) is 107 cm³/mol. The summed E-state index contributed by atoms with van der Waals surface area (Å²) in [6.07, 6.45) is 0.110. The second kappa shape index (κ2) is 10.1. The van der Waals surface area contributed by atoms with Crippen molar-refractivity contribution in [2.24, 2.45) is 0 Å². The van der Waals surface area contributed by atoms with Gasteiger partial charge in [-0.3, -0.25) is 9.59 Å². The van der Waals surface area contributed by atoms with Crippen LogP contribution in [0.5, 0.6) is 5.75 Å². The number of methoxy groups -OCH3 is 1. The first-order valence-electron chi connectivity index (χ1n) is 8.94. The summed E-state index contributed by atoms with van der Waals surface area (Å²) in [4.78, 5) is 37.4. The molecule has 0 saturated heterocycles. The maximum absolute atomic E-state index is 12.3. The minimum atomic E-state index is -0.451. The fourth-order valence-corrected chi connectivity index (χ4v) is 2.64. The number of benzene rings is 2. The van der Waals surface area contributed by atoms with Gasteiger partial charge in [-0.25, -0.2) is 4.79 Å². The zero-order chi connectivity index (χ0) is 20.5. The van der Waals surface area contributed by atoms with Crippen LogP contribution in [0.15, 0.2) is 48.5 Å². The number of carbonyl (C=O) groups excluding carboxylic acids is 3. The van der Waals surface area contributed by atoms with Gasteiger partial charge in [-0.2, -0.15) is 0 Å². The minimum Gasteiger partial charge on any atom is -0.492 e. The number of amides is 2. The van der Waals surface area contributed by atoms with Crippen LogP contribution < -0.4 is 15.0 Å². The highest BCUT2D eigenvalue weighted by atomic mass is 16.5. The Kier molecular flexibility index (Phi) is 7.56. The molecule has 28 heavy (non-hydrogen) atoms. The molecular weight excluding hydrogens is 360 g/mol. The van der Waals surface area contributed by atoms with E-state index in [4.69, 9.17) is 4.74 Å². The molecular formula is C21H24N2O5. The molecule has 0 spiro atoms. The van der Waals surface area contributed by atoms with Crippen molar-refractivity contribution in [3.63, 3.8) is 0 Å². The Morgan fingerprint density at radius 2 is 1.71 bits per heavy atom. The number of para-hydroxylation sites is 2. The first-order valence-corrected chi connectivity index (χ1v) is 8.94. The van der Waals surface area contributed by atoms with E-state index in [1.807, 2.05) is 19.1 Å². The van der Waals surface area contributed by atoms with Crippen LogP contribution in [0.1, 0.15) is 30.6 Å². The number of rotatable bonds is 8. The van der Waals surface area contributed by atoms with Gasteiger partial charge < -0.3 is 19.7 Å². The lowest BCUT2D eigenvalue weighted by Gasteiger charge is -2.21. The molecule has 0 saturated carbocycles. The maximum Gasteiger partial charge on any atom is 0.337 e. The second-order valence-electron chi connectivity index (χ2n) is 5.94. The van der Waals surface area contributed by atoms with Gasteiger partial charge in [-0.15, -0.1) is 0 Å². The number of esters is 1. The summed E-state index contributed by atoms with van der Waals surface area (Å²) in [6.45, 7) is 3.99. The first-order chi connectivity index (χ1) is 13.5. The Labute approximate surface area is 164 Å². The fourth-order valence-electron chi connectivity index (χ4n) is 2.64. The molecule has 2 rings (SSSR count). The van der Waals surface area contributed by atoms with Crippen molar-refractivity contribution in [1.82, 2.24) is 0 Å². The zero-order valence-corrected chi connectivity index (χ0v) is 16.2. The molecule has 0 radical (unpaired) electrons. The van der Waals surface area contributed by atoms with E-state index in [0.29, 0.717) is 29.3 Å². The number of ether oxygens (including phenoxy) is 2. The van der Waals surface area contributed by atoms with E-state index < -0.39 is 5.97 Å². The van der Waals surface area contributed by atoms with E-state index in [1.54, 1.807) is 36.4 Å². The van der Waals surface area contributed by atoms with Crippen LogP contribution in [0.4, 0.5) is 11.4 Å². The lowest BCUT2D eigenvalue weighted by Crippen LogP contribution is -2.32. The maximum atomic E-state index is 12.3. The van der Waals surface area contributed by atoms with Gasteiger partial charge in [0.1, 0.15) is 5.75 Å². The smallest absolute Gasteiger partial charge is 0.337 e. The van der Waals surface area contributed by atoms with Crippen LogP contribution in [-0.2, 0) is 14.3 Å². The van der Waals surface area contributed by atoms with Crippen molar-refractivity contribution in [3.8, 4) is 5.75 Å². The Balaban J connectivity index is 2.02. The SMILES string of the molecule is CCOc1ccccc1NC(=O)CCN(C(C)=O)c1ccc(C(=O)OC)cc1. The third-order valence-corrected chi connectivity index (χ3v) is 4.00. The normalized spacial score (nSPS) is 10.1. The van der Waals surface area contributed by atoms with Gasteiger partial charge in [0.25, 0.3) is 0 Å². The third-order valence-electron chi connectivity index (χ3n) is 4.00. The van der Waals surface area contributed by atoms with Crippen molar-refractivity contribution in [3.05, 3.63) is 54.1 Å². The predicted octanol–water partition coefficient (Wildman–Crippen LogP) is 3.25. The Morgan fingerprint density at radius 3 is 2.32 bits per heavy atom. The van der Waals surface area contributed by atoms with E-state index in [-0.39, 0.29) is 24.8 Å². The summed E-state index contributed by atoms with van der Waals surface area (Å²) in [5.41, 5.74) is 1.58. The quantitative estimate of drug-likeness (QED) is 0.706. The van der Waals surface area contributed by atoms with Crippen molar-refractivity contribution < 1.29 is 23.9 Å². The number of nitrogens with zero attached hydrogens (tertiary/aromatic N) is 1. The monoisotopic (exact) mass is 384 g/mol. The molecule has 0 bridgehead atoms. The summed E-state index contributed by atoms with van der Waals surface area (Å²) in [6, 6.07) is 13.6. The second-order valence-corrected chi connectivity index (χ2v) is 5.94. The van der Waals surface area contributed by atoms with Crippen LogP contribution in [0, 0.1) is 0 Å². The third kappa shape index (κ3) is 5.57. The molecule has 0 aliphatic rings. The van der Waals surface area contributed by atoms with Crippen molar-refractivity contribution >= 4 is 29.2 Å².